The van der Waals surface area contributed by atoms with Crippen molar-refractivity contribution in [3.05, 3.63) is 68.7 Å². The van der Waals surface area contributed by atoms with Crippen LogP contribution in [0.2, 0.25) is 15.1 Å². The summed E-state index contributed by atoms with van der Waals surface area (Å²) in [6, 6.07) is 13.0. The predicted molar refractivity (Wildman–Crippen MR) is 105 cm³/mol. The third-order valence-electron chi connectivity index (χ3n) is 3.84. The molecule has 0 bridgehead atoms. The summed E-state index contributed by atoms with van der Waals surface area (Å²) < 4.78 is 5.71. The Labute approximate surface area is 163 Å². The Hall–Kier alpha value is -0.810. The summed E-state index contributed by atoms with van der Waals surface area (Å²) in [4.78, 5) is 0. The smallest absolute Gasteiger partial charge is 0.0897 e. The third-order valence-corrected chi connectivity index (χ3v) is 4.68. The number of hydrogen-bond acceptors (Lipinski definition) is 3. The van der Waals surface area contributed by atoms with Gasteiger partial charge in [-0.25, -0.2) is 0 Å². The quantitative estimate of drug-likeness (QED) is 0.585. The first-order chi connectivity index (χ1) is 12.0. The SMILES string of the molecule is C[C@H](OC[C@@H](O)CNCCc1ccc(Cl)cc1Cl)c1ccc(Cl)cc1. The van der Waals surface area contributed by atoms with Crippen LogP contribution in [0.1, 0.15) is 24.2 Å². The molecule has 2 aromatic rings. The van der Waals surface area contributed by atoms with Gasteiger partial charge in [0.05, 0.1) is 18.8 Å². The predicted octanol–water partition coefficient (Wildman–Crippen LogP) is 4.92. The van der Waals surface area contributed by atoms with Crippen molar-refractivity contribution in [2.75, 3.05) is 19.7 Å². The number of nitrogens with one attached hydrogen (secondary N) is 1. The van der Waals surface area contributed by atoms with Crippen molar-refractivity contribution in [1.29, 1.82) is 0 Å². The fourth-order valence-corrected chi connectivity index (χ4v) is 2.99. The molecule has 0 aliphatic rings. The molecule has 0 spiro atoms. The van der Waals surface area contributed by atoms with Gasteiger partial charge in [-0.1, -0.05) is 53.0 Å². The molecule has 0 aliphatic heterocycles. The second-order valence-corrected chi connectivity index (χ2v) is 7.15. The van der Waals surface area contributed by atoms with Gasteiger partial charge in [0.2, 0.25) is 0 Å². The number of halogens is 3. The van der Waals surface area contributed by atoms with Gasteiger partial charge in [-0.2, -0.15) is 0 Å². The number of rotatable bonds is 9. The molecule has 2 atom stereocenters. The highest BCUT2D eigenvalue weighted by Gasteiger charge is 2.10. The summed E-state index contributed by atoms with van der Waals surface area (Å²) in [5, 5.41) is 15.2. The van der Waals surface area contributed by atoms with Gasteiger partial charge in [-0.05, 0) is 55.3 Å². The summed E-state index contributed by atoms with van der Waals surface area (Å²) in [5.41, 5.74) is 2.06. The van der Waals surface area contributed by atoms with Crippen molar-refractivity contribution in [3.8, 4) is 0 Å². The summed E-state index contributed by atoms with van der Waals surface area (Å²) in [5.74, 6) is 0. The Morgan fingerprint density at radius 1 is 1.04 bits per heavy atom. The lowest BCUT2D eigenvalue weighted by molar-refractivity contribution is -0.00192. The van der Waals surface area contributed by atoms with Gasteiger partial charge in [0.25, 0.3) is 0 Å². The summed E-state index contributed by atoms with van der Waals surface area (Å²) >= 11 is 17.9. The Bertz CT molecular complexity index is 664. The highest BCUT2D eigenvalue weighted by Crippen LogP contribution is 2.21. The number of benzene rings is 2. The maximum absolute atomic E-state index is 10.0. The first-order valence-corrected chi connectivity index (χ1v) is 9.29. The van der Waals surface area contributed by atoms with Gasteiger partial charge in [-0.3, -0.25) is 0 Å². The minimum absolute atomic E-state index is 0.0974. The monoisotopic (exact) mass is 401 g/mol. The Morgan fingerprint density at radius 2 is 1.72 bits per heavy atom. The molecule has 0 radical (unpaired) electrons. The van der Waals surface area contributed by atoms with Gasteiger partial charge in [-0.15, -0.1) is 0 Å². The molecular formula is C19H22Cl3NO2. The Morgan fingerprint density at radius 3 is 2.40 bits per heavy atom. The Balaban J connectivity index is 1.65. The molecule has 0 fully saturated rings. The Kier molecular flexibility index (Phi) is 8.50. The van der Waals surface area contributed by atoms with Crippen LogP contribution in [0, 0.1) is 0 Å². The van der Waals surface area contributed by atoms with Gasteiger partial charge >= 0.3 is 0 Å². The first-order valence-electron chi connectivity index (χ1n) is 8.15. The van der Waals surface area contributed by atoms with E-state index >= 15 is 0 Å². The number of ether oxygens (including phenoxy) is 1. The molecular weight excluding hydrogens is 381 g/mol. The highest BCUT2D eigenvalue weighted by molar-refractivity contribution is 6.35. The molecule has 136 valence electrons. The van der Waals surface area contributed by atoms with Gasteiger partial charge in [0.15, 0.2) is 0 Å². The van der Waals surface area contributed by atoms with E-state index in [1.165, 1.54) is 0 Å². The molecule has 0 heterocycles. The highest BCUT2D eigenvalue weighted by atomic mass is 35.5. The molecule has 0 amide bonds. The number of aliphatic hydroxyl groups excluding tert-OH is 1. The fourth-order valence-electron chi connectivity index (χ4n) is 2.36. The van der Waals surface area contributed by atoms with Crippen LogP contribution in [0.5, 0.6) is 0 Å². The molecule has 2 rings (SSSR count). The second-order valence-electron chi connectivity index (χ2n) is 5.87. The third kappa shape index (κ3) is 7.14. The molecule has 3 nitrogen and oxygen atoms in total. The lowest BCUT2D eigenvalue weighted by Crippen LogP contribution is -2.32. The zero-order chi connectivity index (χ0) is 18.2. The van der Waals surface area contributed by atoms with Gasteiger partial charge in [0.1, 0.15) is 0 Å². The summed E-state index contributed by atoms with van der Waals surface area (Å²) in [6.07, 6.45) is 0.0975. The standard InChI is InChI=1S/C19H22Cl3NO2/c1-13(14-2-5-16(20)6-3-14)25-12-18(24)11-23-9-8-15-4-7-17(21)10-19(15)22/h2-7,10,13,18,23-24H,8-9,11-12H2,1H3/t13-,18-/m0/s1. The van der Waals surface area contributed by atoms with Crippen LogP contribution in [-0.4, -0.2) is 30.9 Å². The van der Waals surface area contributed by atoms with E-state index in [4.69, 9.17) is 39.5 Å². The maximum Gasteiger partial charge on any atom is 0.0897 e. The maximum atomic E-state index is 10.0. The molecule has 0 aromatic heterocycles. The molecule has 0 aliphatic carbocycles. The normalized spacial score (nSPS) is 13.6. The van der Waals surface area contributed by atoms with Crippen LogP contribution in [0.25, 0.3) is 0 Å². The van der Waals surface area contributed by atoms with Crippen LogP contribution in [-0.2, 0) is 11.2 Å². The van der Waals surface area contributed by atoms with E-state index in [0.29, 0.717) is 28.2 Å². The lowest BCUT2D eigenvalue weighted by Gasteiger charge is -2.17. The van der Waals surface area contributed by atoms with Crippen molar-refractivity contribution in [2.45, 2.75) is 25.6 Å². The topological polar surface area (TPSA) is 41.5 Å². The second kappa shape index (κ2) is 10.4. The molecule has 0 saturated heterocycles. The van der Waals surface area contributed by atoms with Crippen molar-refractivity contribution in [2.24, 2.45) is 0 Å². The molecule has 2 N–H and O–H groups in total. The van der Waals surface area contributed by atoms with Crippen LogP contribution in [0.4, 0.5) is 0 Å². The van der Waals surface area contributed by atoms with Crippen molar-refractivity contribution >= 4 is 34.8 Å². The van der Waals surface area contributed by atoms with E-state index in [9.17, 15) is 5.11 Å². The number of aliphatic hydroxyl groups is 1. The van der Waals surface area contributed by atoms with E-state index in [1.807, 2.05) is 43.3 Å². The van der Waals surface area contributed by atoms with Crippen LogP contribution in [0.3, 0.4) is 0 Å². The van der Waals surface area contributed by atoms with Crippen molar-refractivity contribution in [3.63, 3.8) is 0 Å². The van der Waals surface area contributed by atoms with E-state index < -0.39 is 6.10 Å². The van der Waals surface area contributed by atoms with E-state index in [1.54, 1.807) is 6.07 Å². The lowest BCUT2D eigenvalue weighted by atomic mass is 10.1. The zero-order valence-corrected chi connectivity index (χ0v) is 16.3. The van der Waals surface area contributed by atoms with Crippen molar-refractivity contribution < 1.29 is 9.84 Å². The average Bonchev–Trinajstić information content (AvgIpc) is 2.58. The number of hydrogen-bond donors (Lipinski definition) is 2. The molecule has 6 heteroatoms. The van der Waals surface area contributed by atoms with Crippen LogP contribution < -0.4 is 5.32 Å². The summed E-state index contributed by atoms with van der Waals surface area (Å²) in [7, 11) is 0. The zero-order valence-electron chi connectivity index (χ0n) is 14.0. The molecule has 0 unspecified atom stereocenters. The fraction of sp³-hybridized carbons (Fsp3) is 0.368. The van der Waals surface area contributed by atoms with Crippen LogP contribution >= 0.6 is 34.8 Å². The summed E-state index contributed by atoms with van der Waals surface area (Å²) in [6.45, 7) is 3.38. The van der Waals surface area contributed by atoms with Crippen molar-refractivity contribution in [1.82, 2.24) is 5.32 Å². The minimum atomic E-state index is -0.574. The molecule has 25 heavy (non-hydrogen) atoms. The molecule has 0 saturated carbocycles. The van der Waals surface area contributed by atoms with Gasteiger partial charge < -0.3 is 15.2 Å². The van der Waals surface area contributed by atoms with Gasteiger partial charge in [0, 0.05) is 21.6 Å². The first kappa shape index (κ1) is 20.5. The largest absolute Gasteiger partial charge is 0.389 e. The van der Waals surface area contributed by atoms with E-state index in [2.05, 4.69) is 5.32 Å². The average molecular weight is 403 g/mol. The van der Waals surface area contributed by atoms with Crippen LogP contribution in [0.15, 0.2) is 42.5 Å². The molecule has 2 aromatic carbocycles. The van der Waals surface area contributed by atoms with E-state index in [0.717, 1.165) is 17.5 Å². The van der Waals surface area contributed by atoms with E-state index in [-0.39, 0.29) is 12.7 Å². The minimum Gasteiger partial charge on any atom is -0.389 e.